The van der Waals surface area contributed by atoms with Crippen molar-refractivity contribution in [3.63, 3.8) is 0 Å². The molecule has 1 N–H and O–H groups in total. The van der Waals surface area contributed by atoms with Crippen molar-refractivity contribution >= 4 is 5.91 Å². The van der Waals surface area contributed by atoms with Crippen LogP contribution in [0.15, 0.2) is 24.3 Å². The molecule has 0 aliphatic carbocycles. The molecule has 5 heteroatoms. The summed E-state index contributed by atoms with van der Waals surface area (Å²) < 4.78 is 18.1. The molecule has 110 valence electrons. The van der Waals surface area contributed by atoms with Crippen molar-refractivity contribution in [1.29, 1.82) is 0 Å². The Morgan fingerprint density at radius 2 is 2.20 bits per heavy atom. The number of likely N-dealkylation sites (N-methyl/N-ethyl adjacent to an activating group) is 1. The molecule has 1 unspecified atom stereocenters. The summed E-state index contributed by atoms with van der Waals surface area (Å²) in [5, 5.41) is 3.27. The van der Waals surface area contributed by atoms with E-state index in [0.717, 1.165) is 18.5 Å². The second kappa shape index (κ2) is 7.36. The van der Waals surface area contributed by atoms with E-state index in [1.165, 1.54) is 12.1 Å². The minimum atomic E-state index is -0.235. The summed E-state index contributed by atoms with van der Waals surface area (Å²) >= 11 is 0. The van der Waals surface area contributed by atoms with Gasteiger partial charge in [0.15, 0.2) is 0 Å². The summed E-state index contributed by atoms with van der Waals surface area (Å²) in [4.78, 5) is 13.8. The third kappa shape index (κ3) is 4.58. The van der Waals surface area contributed by atoms with E-state index in [2.05, 4.69) is 5.32 Å². The first kappa shape index (κ1) is 14.9. The lowest BCUT2D eigenvalue weighted by Crippen LogP contribution is -2.44. The first-order chi connectivity index (χ1) is 9.65. The Hall–Kier alpha value is -1.46. The molecular weight excluding hydrogens is 259 g/mol. The highest BCUT2D eigenvalue weighted by Crippen LogP contribution is 2.06. The molecular formula is C15H21FN2O2. The van der Waals surface area contributed by atoms with E-state index >= 15 is 0 Å². The number of benzene rings is 1. The predicted octanol–water partition coefficient (Wildman–Crippen LogP) is 1.21. The summed E-state index contributed by atoms with van der Waals surface area (Å²) in [5.74, 6) is -0.128. The molecule has 4 nitrogen and oxygen atoms in total. The number of amides is 1. The van der Waals surface area contributed by atoms with Crippen molar-refractivity contribution in [3.8, 4) is 0 Å². The maximum Gasteiger partial charge on any atom is 0.223 e. The highest BCUT2D eigenvalue weighted by atomic mass is 19.1. The Balaban J connectivity index is 1.74. The van der Waals surface area contributed by atoms with Gasteiger partial charge >= 0.3 is 0 Å². The molecule has 1 saturated heterocycles. The molecule has 0 spiro atoms. The number of carbonyl (C=O) groups is 1. The highest BCUT2D eigenvalue weighted by Gasteiger charge is 2.19. The normalized spacial score (nSPS) is 18.8. The molecule has 1 aliphatic rings. The van der Waals surface area contributed by atoms with Crippen LogP contribution < -0.4 is 5.32 Å². The van der Waals surface area contributed by atoms with Gasteiger partial charge in [-0.25, -0.2) is 4.39 Å². The molecule has 0 saturated carbocycles. The number of hydrogen-bond acceptors (Lipinski definition) is 3. The van der Waals surface area contributed by atoms with Gasteiger partial charge in [-0.15, -0.1) is 0 Å². The van der Waals surface area contributed by atoms with Crippen molar-refractivity contribution in [2.75, 3.05) is 33.4 Å². The van der Waals surface area contributed by atoms with Crippen LogP contribution in [0.2, 0.25) is 0 Å². The summed E-state index contributed by atoms with van der Waals surface area (Å²) in [7, 11) is 1.80. The van der Waals surface area contributed by atoms with Crippen LogP contribution in [0.1, 0.15) is 12.0 Å². The first-order valence-electron chi connectivity index (χ1n) is 6.94. The monoisotopic (exact) mass is 280 g/mol. The van der Waals surface area contributed by atoms with Crippen LogP contribution in [0.5, 0.6) is 0 Å². The molecule has 2 rings (SSSR count). The number of carbonyl (C=O) groups excluding carboxylic acids is 1. The molecule has 1 aromatic carbocycles. The van der Waals surface area contributed by atoms with E-state index in [-0.39, 0.29) is 17.8 Å². The minimum absolute atomic E-state index is 0.107. The second-order valence-electron chi connectivity index (χ2n) is 5.12. The van der Waals surface area contributed by atoms with Gasteiger partial charge in [-0.3, -0.25) is 4.79 Å². The Morgan fingerprint density at radius 1 is 1.45 bits per heavy atom. The van der Waals surface area contributed by atoms with Crippen molar-refractivity contribution in [3.05, 3.63) is 35.6 Å². The van der Waals surface area contributed by atoms with Crippen molar-refractivity contribution < 1.29 is 13.9 Å². The smallest absolute Gasteiger partial charge is 0.223 e. The third-order valence-electron chi connectivity index (χ3n) is 3.49. The van der Waals surface area contributed by atoms with E-state index in [0.29, 0.717) is 26.2 Å². The van der Waals surface area contributed by atoms with Gasteiger partial charge in [0.25, 0.3) is 0 Å². The van der Waals surface area contributed by atoms with Crippen molar-refractivity contribution in [1.82, 2.24) is 10.2 Å². The van der Waals surface area contributed by atoms with Gasteiger partial charge in [0.2, 0.25) is 5.91 Å². The number of ether oxygens (including phenoxy) is 1. The number of nitrogens with zero attached hydrogens (tertiary/aromatic N) is 1. The van der Waals surface area contributed by atoms with Gasteiger partial charge in [0.05, 0.1) is 13.2 Å². The van der Waals surface area contributed by atoms with Crippen molar-refractivity contribution in [2.24, 2.45) is 0 Å². The molecule has 1 aliphatic heterocycles. The van der Waals surface area contributed by atoms with Crippen LogP contribution >= 0.6 is 0 Å². The summed E-state index contributed by atoms with van der Waals surface area (Å²) in [6.45, 7) is 2.75. The molecule has 0 bridgehead atoms. The van der Waals surface area contributed by atoms with Crippen LogP contribution in [-0.2, 0) is 16.0 Å². The molecule has 1 heterocycles. The maximum atomic E-state index is 12.8. The lowest BCUT2D eigenvalue weighted by molar-refractivity contribution is -0.131. The molecule has 0 radical (unpaired) electrons. The number of hydrogen-bond donors (Lipinski definition) is 1. The largest absolute Gasteiger partial charge is 0.378 e. The Morgan fingerprint density at radius 3 is 2.85 bits per heavy atom. The SMILES string of the molecule is CN(CCc1ccc(F)cc1)C(=O)CC1COCCN1. The Labute approximate surface area is 118 Å². The highest BCUT2D eigenvalue weighted by molar-refractivity contribution is 5.76. The lowest BCUT2D eigenvalue weighted by Gasteiger charge is -2.25. The fourth-order valence-corrected chi connectivity index (χ4v) is 2.19. The van der Waals surface area contributed by atoms with Gasteiger partial charge in [-0.1, -0.05) is 12.1 Å². The van der Waals surface area contributed by atoms with E-state index in [9.17, 15) is 9.18 Å². The second-order valence-corrected chi connectivity index (χ2v) is 5.12. The maximum absolute atomic E-state index is 12.8. The number of morpholine rings is 1. The number of rotatable bonds is 5. The van der Waals surface area contributed by atoms with Gasteiger partial charge in [0.1, 0.15) is 5.82 Å². The zero-order valence-corrected chi connectivity index (χ0v) is 11.8. The van der Waals surface area contributed by atoms with Crippen LogP contribution in [0.4, 0.5) is 4.39 Å². The molecule has 1 atom stereocenters. The van der Waals surface area contributed by atoms with Gasteiger partial charge in [0, 0.05) is 32.6 Å². The predicted molar refractivity (Wildman–Crippen MR) is 75.0 cm³/mol. The quantitative estimate of drug-likeness (QED) is 0.881. The van der Waals surface area contributed by atoms with Crippen LogP contribution in [-0.4, -0.2) is 50.2 Å². The molecule has 20 heavy (non-hydrogen) atoms. The molecule has 1 aromatic rings. The zero-order valence-electron chi connectivity index (χ0n) is 11.8. The van der Waals surface area contributed by atoms with Gasteiger partial charge in [-0.05, 0) is 24.1 Å². The van der Waals surface area contributed by atoms with Crippen LogP contribution in [0.3, 0.4) is 0 Å². The average molecular weight is 280 g/mol. The summed E-state index contributed by atoms with van der Waals surface area (Å²) in [6, 6.07) is 6.51. The van der Waals surface area contributed by atoms with Crippen LogP contribution in [0.25, 0.3) is 0 Å². The van der Waals surface area contributed by atoms with E-state index in [1.807, 2.05) is 0 Å². The fourth-order valence-electron chi connectivity index (χ4n) is 2.19. The minimum Gasteiger partial charge on any atom is -0.378 e. The van der Waals surface area contributed by atoms with E-state index in [1.54, 1.807) is 24.1 Å². The summed E-state index contributed by atoms with van der Waals surface area (Å²) in [6.07, 6.45) is 1.19. The Kier molecular flexibility index (Phi) is 5.49. The van der Waals surface area contributed by atoms with E-state index < -0.39 is 0 Å². The zero-order chi connectivity index (χ0) is 14.4. The average Bonchev–Trinajstić information content (AvgIpc) is 2.47. The van der Waals surface area contributed by atoms with Crippen molar-refractivity contribution in [2.45, 2.75) is 18.9 Å². The standard InChI is InChI=1S/C15H21FN2O2/c1-18(8-6-12-2-4-13(16)5-3-12)15(19)10-14-11-20-9-7-17-14/h2-5,14,17H,6-11H2,1H3. The molecule has 0 aromatic heterocycles. The number of halogens is 1. The lowest BCUT2D eigenvalue weighted by atomic mass is 10.1. The van der Waals surface area contributed by atoms with E-state index in [4.69, 9.17) is 4.74 Å². The topological polar surface area (TPSA) is 41.6 Å². The fraction of sp³-hybridized carbons (Fsp3) is 0.533. The Bertz CT molecular complexity index is 430. The third-order valence-corrected chi connectivity index (χ3v) is 3.49. The summed E-state index contributed by atoms with van der Waals surface area (Å²) in [5.41, 5.74) is 1.03. The molecule has 1 fully saturated rings. The first-order valence-corrected chi connectivity index (χ1v) is 6.94. The van der Waals surface area contributed by atoms with Crippen LogP contribution in [0, 0.1) is 5.82 Å². The van der Waals surface area contributed by atoms with Gasteiger partial charge < -0.3 is 15.0 Å². The van der Waals surface area contributed by atoms with Gasteiger partial charge in [-0.2, -0.15) is 0 Å². The number of nitrogens with one attached hydrogen (secondary N) is 1. The molecule has 1 amide bonds.